The minimum Gasteiger partial charge on any atom is -0.305 e. The van der Waals surface area contributed by atoms with Crippen LogP contribution in [0.25, 0.3) is 0 Å². The van der Waals surface area contributed by atoms with Gasteiger partial charge in [0, 0.05) is 16.2 Å². The van der Waals surface area contributed by atoms with E-state index in [2.05, 4.69) is 31.4 Å². The lowest BCUT2D eigenvalue weighted by atomic mass is 10.1. The van der Waals surface area contributed by atoms with Crippen LogP contribution >= 0.6 is 27.5 Å². The maximum atomic E-state index is 12.1. The molecule has 1 heterocycles. The van der Waals surface area contributed by atoms with Gasteiger partial charge >= 0.3 is 0 Å². The third kappa shape index (κ3) is 3.36. The average Bonchev–Trinajstić information content (AvgIpc) is 2.80. The van der Waals surface area contributed by atoms with Gasteiger partial charge in [0.2, 0.25) is 0 Å². The summed E-state index contributed by atoms with van der Waals surface area (Å²) in [6.07, 6.45) is 0. The third-order valence-corrected chi connectivity index (χ3v) is 3.46. The molecule has 1 amide bonds. The number of rotatable bonds is 3. The first-order valence-corrected chi connectivity index (χ1v) is 6.96. The van der Waals surface area contributed by atoms with Crippen molar-refractivity contribution in [2.75, 3.05) is 5.32 Å². The van der Waals surface area contributed by atoms with E-state index < -0.39 is 0 Å². The van der Waals surface area contributed by atoms with Crippen LogP contribution in [0.1, 0.15) is 35.8 Å². The predicted molar refractivity (Wildman–Crippen MR) is 79.8 cm³/mol. The van der Waals surface area contributed by atoms with Crippen molar-refractivity contribution in [2.45, 2.75) is 19.8 Å². The van der Waals surface area contributed by atoms with Crippen LogP contribution in [0, 0.1) is 0 Å². The summed E-state index contributed by atoms with van der Waals surface area (Å²) in [6, 6.07) is 6.94. The quantitative estimate of drug-likeness (QED) is 0.878. The Hall–Kier alpha value is -1.33. The highest BCUT2D eigenvalue weighted by Gasteiger charge is 2.13. The summed E-state index contributed by atoms with van der Waals surface area (Å²) in [5.74, 6) is 0.533. The molecule has 6 heteroatoms. The number of amides is 1. The molecule has 0 fully saturated rings. The van der Waals surface area contributed by atoms with Crippen LogP contribution in [-0.4, -0.2) is 16.1 Å². The van der Waals surface area contributed by atoms with Crippen molar-refractivity contribution in [3.8, 4) is 0 Å². The molecule has 0 saturated heterocycles. The Balaban J connectivity index is 2.18. The molecule has 2 rings (SSSR count). The zero-order valence-electron chi connectivity index (χ0n) is 10.5. The number of halogens is 2. The second-order valence-electron chi connectivity index (χ2n) is 4.44. The fraction of sp³-hybridized carbons (Fsp3) is 0.231. The Labute approximate surface area is 124 Å². The van der Waals surface area contributed by atoms with Gasteiger partial charge in [-0.2, -0.15) is 5.10 Å². The number of aromatic amines is 1. The number of hydrogen-bond donors (Lipinski definition) is 2. The Bertz CT molecular complexity index is 610. The van der Waals surface area contributed by atoms with Crippen molar-refractivity contribution in [3.63, 3.8) is 0 Å². The van der Waals surface area contributed by atoms with E-state index in [4.69, 9.17) is 11.6 Å². The molecule has 0 aliphatic rings. The van der Waals surface area contributed by atoms with Crippen molar-refractivity contribution >= 4 is 39.3 Å². The van der Waals surface area contributed by atoms with Gasteiger partial charge in [-0.05, 0) is 24.1 Å². The van der Waals surface area contributed by atoms with E-state index in [0.29, 0.717) is 22.3 Å². The standard InChI is InChI=1S/C13H13BrClN3O/c1-7(2)11-6-12(18-17-11)16-13(19)9-5-8(14)3-4-10(9)15/h3-7H,1-2H3,(H2,16,17,18,19). The number of carbonyl (C=O) groups excluding carboxylic acids is 1. The van der Waals surface area contributed by atoms with Gasteiger partial charge in [-0.25, -0.2) is 0 Å². The molecular weight excluding hydrogens is 330 g/mol. The molecule has 0 atom stereocenters. The van der Waals surface area contributed by atoms with Crippen LogP contribution < -0.4 is 5.32 Å². The lowest BCUT2D eigenvalue weighted by molar-refractivity contribution is 0.102. The molecule has 0 saturated carbocycles. The smallest absolute Gasteiger partial charge is 0.258 e. The molecule has 0 radical (unpaired) electrons. The average molecular weight is 343 g/mol. The molecule has 0 unspecified atom stereocenters. The minimum absolute atomic E-state index is 0.284. The molecule has 2 aromatic rings. The number of nitrogens with zero attached hydrogens (tertiary/aromatic N) is 1. The Morgan fingerprint density at radius 2 is 2.16 bits per heavy atom. The number of hydrogen-bond acceptors (Lipinski definition) is 2. The van der Waals surface area contributed by atoms with E-state index in [1.807, 2.05) is 19.9 Å². The zero-order chi connectivity index (χ0) is 14.0. The molecule has 1 aromatic carbocycles. The lowest BCUT2D eigenvalue weighted by Gasteiger charge is -2.04. The van der Waals surface area contributed by atoms with Crippen LogP contribution in [0.4, 0.5) is 5.82 Å². The highest BCUT2D eigenvalue weighted by molar-refractivity contribution is 9.10. The number of carbonyl (C=O) groups is 1. The number of anilines is 1. The van der Waals surface area contributed by atoms with E-state index in [9.17, 15) is 4.79 Å². The maximum absolute atomic E-state index is 12.1. The topological polar surface area (TPSA) is 57.8 Å². The van der Waals surface area contributed by atoms with Crippen molar-refractivity contribution in [2.24, 2.45) is 0 Å². The molecule has 0 bridgehead atoms. The van der Waals surface area contributed by atoms with Crippen molar-refractivity contribution < 1.29 is 4.79 Å². The van der Waals surface area contributed by atoms with Gasteiger partial charge in [-0.15, -0.1) is 0 Å². The molecule has 19 heavy (non-hydrogen) atoms. The largest absolute Gasteiger partial charge is 0.305 e. The molecule has 2 N–H and O–H groups in total. The van der Waals surface area contributed by atoms with Crippen LogP contribution in [0.2, 0.25) is 5.02 Å². The summed E-state index contributed by atoms with van der Waals surface area (Å²) in [6.45, 7) is 4.09. The van der Waals surface area contributed by atoms with E-state index in [0.717, 1.165) is 10.2 Å². The predicted octanol–water partition coefficient (Wildman–Crippen LogP) is 4.20. The monoisotopic (exact) mass is 341 g/mol. The summed E-state index contributed by atoms with van der Waals surface area (Å²) in [5.41, 5.74) is 1.38. The van der Waals surface area contributed by atoms with Crippen LogP contribution in [0.15, 0.2) is 28.7 Å². The van der Waals surface area contributed by atoms with E-state index >= 15 is 0 Å². The third-order valence-electron chi connectivity index (χ3n) is 2.63. The summed E-state index contributed by atoms with van der Waals surface area (Å²) >= 11 is 9.32. The second-order valence-corrected chi connectivity index (χ2v) is 5.76. The molecule has 4 nitrogen and oxygen atoms in total. The molecule has 1 aromatic heterocycles. The SMILES string of the molecule is CC(C)c1cc(NC(=O)c2cc(Br)ccc2Cl)n[nH]1. The Morgan fingerprint density at radius 3 is 2.79 bits per heavy atom. The number of nitrogens with one attached hydrogen (secondary N) is 2. The fourth-order valence-corrected chi connectivity index (χ4v) is 2.12. The molecule has 0 spiro atoms. The van der Waals surface area contributed by atoms with E-state index in [-0.39, 0.29) is 5.91 Å². The zero-order valence-corrected chi connectivity index (χ0v) is 12.8. The van der Waals surface area contributed by atoms with Gasteiger partial charge in [0.05, 0.1) is 10.6 Å². The number of aromatic nitrogens is 2. The van der Waals surface area contributed by atoms with Crippen LogP contribution in [0.5, 0.6) is 0 Å². The lowest BCUT2D eigenvalue weighted by Crippen LogP contribution is -2.12. The summed E-state index contributed by atoms with van der Waals surface area (Å²) in [5, 5.41) is 10.0. The Morgan fingerprint density at radius 1 is 1.42 bits per heavy atom. The van der Waals surface area contributed by atoms with Crippen LogP contribution in [0.3, 0.4) is 0 Å². The van der Waals surface area contributed by atoms with Gasteiger partial charge in [-0.3, -0.25) is 9.89 Å². The summed E-state index contributed by atoms with van der Waals surface area (Å²) in [7, 11) is 0. The van der Waals surface area contributed by atoms with Gasteiger partial charge in [0.25, 0.3) is 5.91 Å². The number of benzene rings is 1. The Kier molecular flexibility index (Phi) is 4.27. The number of H-pyrrole nitrogens is 1. The first-order chi connectivity index (χ1) is 8.97. The van der Waals surface area contributed by atoms with E-state index in [1.165, 1.54) is 0 Å². The molecule has 0 aliphatic heterocycles. The van der Waals surface area contributed by atoms with Gasteiger partial charge in [0.15, 0.2) is 5.82 Å². The maximum Gasteiger partial charge on any atom is 0.258 e. The molecule has 0 aliphatic carbocycles. The van der Waals surface area contributed by atoms with Crippen LogP contribution in [-0.2, 0) is 0 Å². The second kappa shape index (κ2) is 5.75. The van der Waals surface area contributed by atoms with Gasteiger partial charge in [0.1, 0.15) is 0 Å². The van der Waals surface area contributed by atoms with Gasteiger partial charge in [-0.1, -0.05) is 41.4 Å². The van der Waals surface area contributed by atoms with Crippen molar-refractivity contribution in [3.05, 3.63) is 45.0 Å². The van der Waals surface area contributed by atoms with Crippen molar-refractivity contribution in [1.82, 2.24) is 10.2 Å². The van der Waals surface area contributed by atoms with Gasteiger partial charge < -0.3 is 5.32 Å². The first kappa shape index (κ1) is 14.1. The minimum atomic E-state index is -0.284. The van der Waals surface area contributed by atoms with E-state index in [1.54, 1.807) is 18.2 Å². The fourth-order valence-electron chi connectivity index (χ4n) is 1.55. The van der Waals surface area contributed by atoms with Crippen molar-refractivity contribution in [1.29, 1.82) is 0 Å². The summed E-state index contributed by atoms with van der Waals surface area (Å²) in [4.78, 5) is 12.1. The highest BCUT2D eigenvalue weighted by atomic mass is 79.9. The normalized spacial score (nSPS) is 10.8. The molecular formula is C13H13BrClN3O. The summed E-state index contributed by atoms with van der Waals surface area (Å²) < 4.78 is 0.798. The molecule has 100 valence electrons. The first-order valence-electron chi connectivity index (χ1n) is 5.79. The highest BCUT2D eigenvalue weighted by Crippen LogP contribution is 2.22.